The van der Waals surface area contributed by atoms with Gasteiger partial charge in [0, 0.05) is 17.6 Å². The zero-order valence-electron chi connectivity index (χ0n) is 16.1. The summed E-state index contributed by atoms with van der Waals surface area (Å²) in [6, 6.07) is 12.7. The van der Waals surface area contributed by atoms with Crippen molar-refractivity contribution < 1.29 is 9.13 Å². The third-order valence-electron chi connectivity index (χ3n) is 7.04. The quantitative estimate of drug-likeness (QED) is 0.632. The first-order valence-electron chi connectivity index (χ1n) is 10.5. The van der Waals surface area contributed by atoms with Crippen LogP contribution < -0.4 is 10.1 Å². The third-order valence-corrected chi connectivity index (χ3v) is 7.39. The molecule has 0 radical (unpaired) electrons. The molecule has 2 nitrogen and oxygen atoms in total. The van der Waals surface area contributed by atoms with Gasteiger partial charge in [-0.1, -0.05) is 29.8 Å². The van der Waals surface area contributed by atoms with E-state index in [-0.39, 0.29) is 5.82 Å². The van der Waals surface area contributed by atoms with Gasteiger partial charge in [-0.25, -0.2) is 4.39 Å². The van der Waals surface area contributed by atoms with Gasteiger partial charge in [0.05, 0.1) is 5.02 Å². The van der Waals surface area contributed by atoms with E-state index in [0.717, 1.165) is 35.6 Å². The van der Waals surface area contributed by atoms with E-state index >= 15 is 0 Å². The average molecular weight is 400 g/mol. The molecule has 148 valence electrons. The van der Waals surface area contributed by atoms with E-state index < -0.39 is 0 Å². The molecule has 4 saturated carbocycles. The lowest BCUT2D eigenvalue weighted by Gasteiger charge is -2.57. The van der Waals surface area contributed by atoms with E-state index in [1.54, 1.807) is 6.07 Å². The molecule has 1 N–H and O–H groups in total. The summed E-state index contributed by atoms with van der Waals surface area (Å²) in [5, 5.41) is 4.34. The highest BCUT2D eigenvalue weighted by molar-refractivity contribution is 6.31. The van der Waals surface area contributed by atoms with Crippen molar-refractivity contribution in [1.82, 2.24) is 5.32 Å². The molecule has 0 heterocycles. The number of halogens is 2. The van der Waals surface area contributed by atoms with E-state index in [1.807, 2.05) is 12.1 Å². The molecule has 0 unspecified atom stereocenters. The molecule has 0 aliphatic heterocycles. The molecular weight excluding hydrogens is 373 g/mol. The summed E-state index contributed by atoms with van der Waals surface area (Å²) >= 11 is 6.06. The number of hydrogen-bond donors (Lipinski definition) is 1. The van der Waals surface area contributed by atoms with Crippen molar-refractivity contribution in [3.63, 3.8) is 0 Å². The van der Waals surface area contributed by atoms with Crippen LogP contribution in [0.2, 0.25) is 5.02 Å². The molecule has 0 spiro atoms. The van der Waals surface area contributed by atoms with Crippen LogP contribution in [0.5, 0.6) is 5.75 Å². The zero-order chi connectivity index (χ0) is 19.1. The fourth-order valence-electron chi connectivity index (χ4n) is 6.12. The van der Waals surface area contributed by atoms with Gasteiger partial charge >= 0.3 is 0 Å². The van der Waals surface area contributed by atoms with Crippen LogP contribution in [-0.2, 0) is 13.2 Å². The van der Waals surface area contributed by atoms with Gasteiger partial charge in [-0.05, 0) is 86.1 Å². The summed E-state index contributed by atoms with van der Waals surface area (Å²) in [5.74, 6) is 3.37. The Hall–Kier alpha value is -1.58. The number of ether oxygens (including phenoxy) is 1. The van der Waals surface area contributed by atoms with Crippen LogP contribution in [0.3, 0.4) is 0 Å². The zero-order valence-corrected chi connectivity index (χ0v) is 16.9. The van der Waals surface area contributed by atoms with Gasteiger partial charge in [0.2, 0.25) is 0 Å². The van der Waals surface area contributed by atoms with Crippen molar-refractivity contribution in [1.29, 1.82) is 0 Å². The van der Waals surface area contributed by atoms with E-state index in [0.29, 0.717) is 17.2 Å². The maximum atomic E-state index is 13.1. The summed E-state index contributed by atoms with van der Waals surface area (Å²) in [4.78, 5) is 0. The molecule has 6 rings (SSSR count). The van der Waals surface area contributed by atoms with Gasteiger partial charge in [0.1, 0.15) is 18.2 Å². The van der Waals surface area contributed by atoms with Crippen LogP contribution in [0.25, 0.3) is 0 Å². The summed E-state index contributed by atoms with van der Waals surface area (Å²) in [7, 11) is 0. The van der Waals surface area contributed by atoms with Gasteiger partial charge in [-0.3, -0.25) is 0 Å². The second-order valence-electron chi connectivity index (χ2n) is 9.22. The van der Waals surface area contributed by atoms with Crippen molar-refractivity contribution in [3.8, 4) is 5.75 Å². The lowest BCUT2D eigenvalue weighted by Crippen LogP contribution is -2.58. The minimum atomic E-state index is -0.329. The van der Waals surface area contributed by atoms with Crippen molar-refractivity contribution in [2.45, 2.75) is 57.2 Å². The summed E-state index contributed by atoms with van der Waals surface area (Å²) in [6.07, 6.45) is 8.55. The Balaban J connectivity index is 1.17. The van der Waals surface area contributed by atoms with Crippen molar-refractivity contribution >= 4 is 11.6 Å². The predicted molar refractivity (Wildman–Crippen MR) is 110 cm³/mol. The minimum absolute atomic E-state index is 0.329. The molecule has 4 aliphatic rings. The van der Waals surface area contributed by atoms with Crippen LogP contribution in [0.4, 0.5) is 4.39 Å². The fraction of sp³-hybridized carbons (Fsp3) is 0.500. The molecule has 4 fully saturated rings. The van der Waals surface area contributed by atoms with Crippen LogP contribution in [0.15, 0.2) is 42.5 Å². The Bertz CT molecular complexity index is 815. The molecule has 0 amide bonds. The normalized spacial score (nSPS) is 30.6. The van der Waals surface area contributed by atoms with Crippen molar-refractivity contribution in [2.75, 3.05) is 0 Å². The van der Waals surface area contributed by atoms with Crippen molar-refractivity contribution in [3.05, 3.63) is 64.4 Å². The van der Waals surface area contributed by atoms with Crippen molar-refractivity contribution in [2.24, 2.45) is 17.8 Å². The lowest BCUT2D eigenvalue weighted by molar-refractivity contribution is -0.0206. The largest absolute Gasteiger partial charge is 0.489 e. The minimum Gasteiger partial charge on any atom is -0.489 e. The average Bonchev–Trinajstić information content (AvgIpc) is 2.66. The first-order chi connectivity index (χ1) is 13.6. The maximum absolute atomic E-state index is 13.1. The first kappa shape index (κ1) is 18.4. The van der Waals surface area contributed by atoms with E-state index in [2.05, 4.69) is 17.4 Å². The van der Waals surface area contributed by atoms with Gasteiger partial charge in [0.25, 0.3) is 0 Å². The molecule has 2 aromatic carbocycles. The predicted octanol–water partition coefficient (Wildman–Crippen LogP) is 6.12. The lowest BCUT2D eigenvalue weighted by atomic mass is 9.53. The van der Waals surface area contributed by atoms with Gasteiger partial charge in [-0.15, -0.1) is 0 Å². The topological polar surface area (TPSA) is 21.3 Å². The molecule has 4 heteroatoms. The molecule has 0 aromatic heterocycles. The summed E-state index contributed by atoms with van der Waals surface area (Å²) in [5.41, 5.74) is 2.47. The standard InChI is InChI=1S/C24H27ClFNO/c25-23-10-21(26)4-3-20(23)15-28-22-5-1-16(2-6-22)14-27-24-11-17-7-18(12-24)9-19(8-17)13-24/h1-6,10,17-19,27H,7-9,11-15H2. The number of nitrogens with one attached hydrogen (secondary N) is 1. The van der Waals surface area contributed by atoms with Crippen LogP contribution in [0, 0.1) is 23.6 Å². The van der Waals surface area contributed by atoms with E-state index in [9.17, 15) is 4.39 Å². The molecule has 0 atom stereocenters. The second kappa shape index (κ2) is 7.35. The monoisotopic (exact) mass is 399 g/mol. The Morgan fingerprint density at radius 1 is 0.964 bits per heavy atom. The second-order valence-corrected chi connectivity index (χ2v) is 9.63. The molecular formula is C24H27ClFNO. The Kier molecular flexibility index (Phi) is 4.84. The Morgan fingerprint density at radius 3 is 2.21 bits per heavy atom. The number of hydrogen-bond acceptors (Lipinski definition) is 2. The molecule has 4 aliphatic carbocycles. The van der Waals surface area contributed by atoms with E-state index in [4.69, 9.17) is 16.3 Å². The highest BCUT2D eigenvalue weighted by atomic mass is 35.5. The molecule has 28 heavy (non-hydrogen) atoms. The summed E-state index contributed by atoms with van der Waals surface area (Å²) in [6.45, 7) is 1.26. The summed E-state index contributed by atoms with van der Waals surface area (Å²) < 4.78 is 19.0. The number of benzene rings is 2. The smallest absolute Gasteiger partial charge is 0.124 e. The number of rotatable bonds is 6. The fourth-order valence-corrected chi connectivity index (χ4v) is 6.34. The molecule has 0 saturated heterocycles. The molecule has 2 aromatic rings. The van der Waals surface area contributed by atoms with Gasteiger partial charge in [0.15, 0.2) is 0 Å². The van der Waals surface area contributed by atoms with E-state index in [1.165, 1.54) is 56.2 Å². The SMILES string of the molecule is Fc1ccc(COc2ccc(CNC34CC5CC(CC(C5)C3)C4)cc2)c(Cl)c1. The highest BCUT2D eigenvalue weighted by Gasteiger charge is 2.50. The van der Waals surface area contributed by atoms with Gasteiger partial charge < -0.3 is 10.1 Å². The highest BCUT2D eigenvalue weighted by Crippen LogP contribution is 2.55. The Morgan fingerprint density at radius 2 is 1.61 bits per heavy atom. The van der Waals surface area contributed by atoms with Crippen LogP contribution in [-0.4, -0.2) is 5.54 Å². The maximum Gasteiger partial charge on any atom is 0.124 e. The Labute approximate surface area is 171 Å². The first-order valence-corrected chi connectivity index (χ1v) is 10.9. The third kappa shape index (κ3) is 3.79. The molecule has 4 bridgehead atoms. The van der Waals surface area contributed by atoms with Gasteiger partial charge in [-0.2, -0.15) is 0 Å². The van der Waals surface area contributed by atoms with Crippen LogP contribution >= 0.6 is 11.6 Å². The van der Waals surface area contributed by atoms with Crippen LogP contribution in [0.1, 0.15) is 49.7 Å².